The average molecular weight is 300 g/mol. The van der Waals surface area contributed by atoms with Gasteiger partial charge in [-0.05, 0) is 11.3 Å². The van der Waals surface area contributed by atoms with Gasteiger partial charge in [0.15, 0.2) is 0 Å². The van der Waals surface area contributed by atoms with Gasteiger partial charge in [0.1, 0.15) is 11.3 Å². The van der Waals surface area contributed by atoms with E-state index in [1.807, 2.05) is 13.8 Å². The number of nitrogens with zero attached hydrogens (tertiary/aromatic N) is 2. The zero-order valence-electron chi connectivity index (χ0n) is 11.9. The molecule has 0 bridgehead atoms. The molecule has 0 aliphatic heterocycles. The van der Waals surface area contributed by atoms with Gasteiger partial charge in [-0.25, -0.2) is 4.98 Å². The van der Waals surface area contributed by atoms with E-state index in [2.05, 4.69) is 24.1 Å². The molecule has 6 nitrogen and oxygen atoms in total. The monoisotopic (exact) mass is 299 g/mol. The predicted molar refractivity (Wildman–Crippen MR) is 76.9 cm³/mol. The summed E-state index contributed by atoms with van der Waals surface area (Å²) in [6.45, 7) is 8.64. The van der Waals surface area contributed by atoms with Gasteiger partial charge in [0.05, 0.1) is 10.5 Å². The Kier molecular flexibility index (Phi) is 5.05. The predicted octanol–water partition coefficient (Wildman–Crippen LogP) is 3.06. The number of halogens is 1. The van der Waals surface area contributed by atoms with Crippen LogP contribution in [0.3, 0.4) is 0 Å². The van der Waals surface area contributed by atoms with Crippen LogP contribution < -0.4 is 5.32 Å². The molecule has 0 unspecified atom stereocenters. The van der Waals surface area contributed by atoms with Gasteiger partial charge in [0.2, 0.25) is 0 Å². The first-order valence-electron chi connectivity index (χ1n) is 6.23. The van der Waals surface area contributed by atoms with Crippen LogP contribution in [0.5, 0.6) is 0 Å². The lowest BCUT2D eigenvalue weighted by molar-refractivity contribution is -0.385. The van der Waals surface area contributed by atoms with Gasteiger partial charge >= 0.3 is 0 Å². The summed E-state index contributed by atoms with van der Waals surface area (Å²) in [6, 6.07) is 1.13. The van der Waals surface area contributed by atoms with Crippen molar-refractivity contribution in [2.75, 3.05) is 6.54 Å². The standard InChI is InChI=1S/C13H18ClN3O3/c1-8(2)13(3,4)7-16-12(18)10-5-9(17(19)20)6-15-11(10)14/h5-6,8H,7H2,1-4H3,(H,16,18). The Bertz CT molecular complexity index is 530. The lowest BCUT2D eigenvalue weighted by atomic mass is 9.81. The summed E-state index contributed by atoms with van der Waals surface area (Å²) in [6.07, 6.45) is 1.02. The van der Waals surface area contributed by atoms with Crippen LogP contribution in [0, 0.1) is 21.4 Å². The van der Waals surface area contributed by atoms with Gasteiger partial charge < -0.3 is 5.32 Å². The molecule has 0 aliphatic carbocycles. The Hall–Kier alpha value is -1.69. The van der Waals surface area contributed by atoms with Crippen molar-refractivity contribution < 1.29 is 9.72 Å². The average Bonchev–Trinajstić information content (AvgIpc) is 2.36. The van der Waals surface area contributed by atoms with Gasteiger partial charge in [0.25, 0.3) is 11.6 Å². The van der Waals surface area contributed by atoms with Crippen molar-refractivity contribution in [3.8, 4) is 0 Å². The Morgan fingerprint density at radius 2 is 2.15 bits per heavy atom. The summed E-state index contributed by atoms with van der Waals surface area (Å²) in [7, 11) is 0. The van der Waals surface area contributed by atoms with Crippen LogP contribution in [-0.4, -0.2) is 22.4 Å². The summed E-state index contributed by atoms with van der Waals surface area (Å²) >= 11 is 5.81. The van der Waals surface area contributed by atoms with Crippen molar-refractivity contribution in [1.82, 2.24) is 10.3 Å². The number of hydrogen-bond acceptors (Lipinski definition) is 4. The van der Waals surface area contributed by atoms with E-state index in [-0.39, 0.29) is 21.8 Å². The van der Waals surface area contributed by atoms with Gasteiger partial charge in [-0.15, -0.1) is 0 Å². The molecule has 1 heterocycles. The third kappa shape index (κ3) is 3.90. The van der Waals surface area contributed by atoms with Crippen molar-refractivity contribution >= 4 is 23.2 Å². The molecule has 7 heteroatoms. The van der Waals surface area contributed by atoms with Crippen molar-refractivity contribution in [2.45, 2.75) is 27.7 Å². The van der Waals surface area contributed by atoms with Gasteiger partial charge in [-0.1, -0.05) is 39.3 Å². The second kappa shape index (κ2) is 6.17. The number of hydrogen-bond donors (Lipinski definition) is 1. The topological polar surface area (TPSA) is 85.1 Å². The zero-order valence-corrected chi connectivity index (χ0v) is 12.7. The highest BCUT2D eigenvalue weighted by Crippen LogP contribution is 2.25. The Morgan fingerprint density at radius 1 is 1.55 bits per heavy atom. The molecule has 0 aromatic carbocycles. The lowest BCUT2D eigenvalue weighted by Crippen LogP contribution is -2.37. The van der Waals surface area contributed by atoms with Crippen molar-refractivity contribution in [2.24, 2.45) is 11.3 Å². The number of nitro groups is 1. The van der Waals surface area contributed by atoms with E-state index in [1.54, 1.807) is 0 Å². The van der Waals surface area contributed by atoms with E-state index in [4.69, 9.17) is 11.6 Å². The van der Waals surface area contributed by atoms with E-state index < -0.39 is 10.8 Å². The van der Waals surface area contributed by atoms with E-state index in [0.717, 1.165) is 12.3 Å². The maximum absolute atomic E-state index is 12.1. The summed E-state index contributed by atoms with van der Waals surface area (Å²) in [5, 5.41) is 13.4. The van der Waals surface area contributed by atoms with Crippen LogP contribution in [-0.2, 0) is 0 Å². The minimum Gasteiger partial charge on any atom is -0.351 e. The molecule has 1 N–H and O–H groups in total. The SMILES string of the molecule is CC(C)C(C)(C)CNC(=O)c1cc([N+](=O)[O-])cnc1Cl. The van der Waals surface area contributed by atoms with Crippen molar-refractivity contribution in [3.05, 3.63) is 33.1 Å². The van der Waals surface area contributed by atoms with E-state index in [9.17, 15) is 14.9 Å². The van der Waals surface area contributed by atoms with Crippen molar-refractivity contribution in [1.29, 1.82) is 0 Å². The van der Waals surface area contributed by atoms with E-state index in [0.29, 0.717) is 12.5 Å². The summed E-state index contributed by atoms with van der Waals surface area (Å²) in [5.41, 5.74) is -0.334. The normalized spacial score (nSPS) is 11.5. The van der Waals surface area contributed by atoms with Crippen molar-refractivity contribution in [3.63, 3.8) is 0 Å². The smallest absolute Gasteiger partial charge is 0.288 e. The molecule has 110 valence electrons. The van der Waals surface area contributed by atoms with Gasteiger partial charge in [-0.2, -0.15) is 0 Å². The number of pyridine rings is 1. The van der Waals surface area contributed by atoms with Gasteiger partial charge in [0, 0.05) is 12.6 Å². The molecule has 1 aromatic heterocycles. The molecular formula is C13H18ClN3O3. The van der Waals surface area contributed by atoms with Crippen LogP contribution in [0.15, 0.2) is 12.3 Å². The van der Waals surface area contributed by atoms with Gasteiger partial charge in [-0.3, -0.25) is 14.9 Å². The third-order valence-electron chi connectivity index (χ3n) is 3.55. The van der Waals surface area contributed by atoms with Crippen LogP contribution in [0.25, 0.3) is 0 Å². The Morgan fingerprint density at radius 3 is 2.65 bits per heavy atom. The maximum Gasteiger partial charge on any atom is 0.288 e. The summed E-state index contributed by atoms with van der Waals surface area (Å²) in [5.74, 6) is -0.0820. The molecule has 1 rings (SSSR count). The molecule has 1 amide bonds. The Labute approximate surface area is 122 Å². The third-order valence-corrected chi connectivity index (χ3v) is 3.85. The maximum atomic E-state index is 12.1. The molecule has 0 saturated carbocycles. The van der Waals surface area contributed by atoms with E-state index >= 15 is 0 Å². The lowest BCUT2D eigenvalue weighted by Gasteiger charge is -2.29. The van der Waals surface area contributed by atoms with Crippen LogP contribution >= 0.6 is 11.6 Å². The fourth-order valence-corrected chi connectivity index (χ4v) is 1.49. The highest BCUT2D eigenvalue weighted by atomic mass is 35.5. The minimum absolute atomic E-state index is 0.0143. The minimum atomic E-state index is -0.613. The van der Waals surface area contributed by atoms with Crippen LogP contribution in [0.4, 0.5) is 5.69 Å². The molecule has 0 radical (unpaired) electrons. The number of carbonyl (C=O) groups excluding carboxylic acids is 1. The number of nitrogens with one attached hydrogen (secondary N) is 1. The molecule has 0 saturated heterocycles. The second-order valence-corrected chi connectivity index (χ2v) is 5.97. The molecular weight excluding hydrogens is 282 g/mol. The number of aromatic nitrogens is 1. The number of rotatable bonds is 5. The fraction of sp³-hybridized carbons (Fsp3) is 0.538. The Balaban J connectivity index is 2.88. The molecule has 0 fully saturated rings. The van der Waals surface area contributed by atoms with Crippen LogP contribution in [0.1, 0.15) is 38.1 Å². The second-order valence-electron chi connectivity index (χ2n) is 5.61. The number of amides is 1. The molecule has 1 aromatic rings. The quantitative estimate of drug-likeness (QED) is 0.514. The zero-order chi connectivity index (χ0) is 15.5. The highest BCUT2D eigenvalue weighted by molar-refractivity contribution is 6.32. The fourth-order valence-electron chi connectivity index (χ4n) is 1.30. The first-order chi connectivity index (χ1) is 9.15. The van der Waals surface area contributed by atoms with E-state index in [1.165, 1.54) is 0 Å². The highest BCUT2D eigenvalue weighted by Gasteiger charge is 2.24. The summed E-state index contributed by atoms with van der Waals surface area (Å²) < 4.78 is 0. The summed E-state index contributed by atoms with van der Waals surface area (Å²) in [4.78, 5) is 25.8. The molecule has 0 atom stereocenters. The molecule has 0 aliphatic rings. The first-order valence-corrected chi connectivity index (χ1v) is 6.61. The molecule has 0 spiro atoms. The van der Waals surface area contributed by atoms with Crippen LogP contribution in [0.2, 0.25) is 5.15 Å². The number of carbonyl (C=O) groups is 1. The first kappa shape index (κ1) is 16.4. The molecule has 20 heavy (non-hydrogen) atoms. The largest absolute Gasteiger partial charge is 0.351 e.